The minimum absolute atomic E-state index is 0.534. The summed E-state index contributed by atoms with van der Waals surface area (Å²) in [6.45, 7) is 2.59. The molecule has 1 saturated carbocycles. The van der Waals surface area contributed by atoms with Gasteiger partial charge in [-0.25, -0.2) is 0 Å². The zero-order valence-electron chi connectivity index (χ0n) is 11.1. The number of ether oxygens (including phenoxy) is 2. The molecule has 1 aliphatic rings. The van der Waals surface area contributed by atoms with Crippen LogP contribution in [0.4, 0.5) is 0 Å². The Balaban J connectivity index is 1.55. The van der Waals surface area contributed by atoms with Gasteiger partial charge < -0.3 is 14.8 Å². The summed E-state index contributed by atoms with van der Waals surface area (Å²) in [5, 5.41) is 3.56. The van der Waals surface area contributed by atoms with E-state index in [1.54, 1.807) is 7.11 Å². The van der Waals surface area contributed by atoms with Gasteiger partial charge in [0.2, 0.25) is 0 Å². The first kappa shape index (κ1) is 13.4. The highest BCUT2D eigenvalue weighted by atomic mass is 16.5. The first-order valence-electron chi connectivity index (χ1n) is 6.80. The lowest BCUT2D eigenvalue weighted by atomic mass is 10.2. The second-order valence-corrected chi connectivity index (χ2v) is 4.87. The van der Waals surface area contributed by atoms with Gasteiger partial charge in [-0.05, 0) is 43.9 Å². The average molecular weight is 249 g/mol. The molecular formula is C15H23NO2. The molecule has 3 nitrogen and oxygen atoms in total. The van der Waals surface area contributed by atoms with Crippen LogP contribution in [0.3, 0.4) is 0 Å². The van der Waals surface area contributed by atoms with Crippen molar-refractivity contribution < 1.29 is 9.47 Å². The maximum absolute atomic E-state index is 5.65. The van der Waals surface area contributed by atoms with Gasteiger partial charge in [0.1, 0.15) is 5.75 Å². The number of benzene rings is 1. The second kappa shape index (κ2) is 7.39. The predicted molar refractivity (Wildman–Crippen MR) is 72.9 cm³/mol. The molecule has 100 valence electrons. The van der Waals surface area contributed by atoms with Gasteiger partial charge in [-0.3, -0.25) is 0 Å². The van der Waals surface area contributed by atoms with E-state index < -0.39 is 0 Å². The molecule has 3 heteroatoms. The third kappa shape index (κ3) is 4.67. The first-order valence-corrected chi connectivity index (χ1v) is 6.80. The highest BCUT2D eigenvalue weighted by Gasteiger charge is 2.30. The van der Waals surface area contributed by atoms with Gasteiger partial charge in [-0.1, -0.05) is 18.2 Å². The topological polar surface area (TPSA) is 30.5 Å². The van der Waals surface area contributed by atoms with Crippen LogP contribution in [-0.4, -0.2) is 32.9 Å². The molecule has 1 aromatic rings. The lowest BCUT2D eigenvalue weighted by Crippen LogP contribution is -2.36. The summed E-state index contributed by atoms with van der Waals surface area (Å²) in [4.78, 5) is 0. The molecule has 0 aliphatic heterocycles. The van der Waals surface area contributed by atoms with Crippen LogP contribution < -0.4 is 10.1 Å². The fourth-order valence-corrected chi connectivity index (χ4v) is 2.11. The Hall–Kier alpha value is -1.06. The Morgan fingerprint density at radius 2 is 2.06 bits per heavy atom. The Bertz CT molecular complexity index is 325. The number of hydrogen-bond donors (Lipinski definition) is 1. The van der Waals surface area contributed by atoms with Crippen molar-refractivity contribution in [1.82, 2.24) is 5.32 Å². The lowest BCUT2D eigenvalue weighted by Gasteiger charge is -2.17. The van der Waals surface area contributed by atoms with E-state index in [1.165, 1.54) is 12.8 Å². The summed E-state index contributed by atoms with van der Waals surface area (Å²) in [6.07, 6.45) is 3.73. The first-order chi connectivity index (χ1) is 8.90. The third-order valence-electron chi connectivity index (χ3n) is 3.28. The molecule has 0 bridgehead atoms. The van der Waals surface area contributed by atoms with Crippen LogP contribution in [0, 0.1) is 5.92 Å². The summed E-state index contributed by atoms with van der Waals surface area (Å²) >= 11 is 0. The molecule has 1 fully saturated rings. The Kier molecular flexibility index (Phi) is 5.49. The molecule has 1 aromatic carbocycles. The molecule has 0 radical (unpaired) electrons. The van der Waals surface area contributed by atoms with Gasteiger partial charge in [-0.15, -0.1) is 0 Å². The van der Waals surface area contributed by atoms with E-state index in [-0.39, 0.29) is 0 Å². The Morgan fingerprint density at radius 1 is 1.28 bits per heavy atom. The minimum Gasteiger partial charge on any atom is -0.494 e. The number of hydrogen-bond acceptors (Lipinski definition) is 3. The molecule has 0 saturated heterocycles. The largest absolute Gasteiger partial charge is 0.494 e. The van der Waals surface area contributed by atoms with Crippen LogP contribution in [0.1, 0.15) is 19.3 Å². The molecular weight excluding hydrogens is 226 g/mol. The van der Waals surface area contributed by atoms with Crippen LogP contribution in [0.2, 0.25) is 0 Å². The van der Waals surface area contributed by atoms with Crippen LogP contribution in [0.5, 0.6) is 5.75 Å². The number of rotatable bonds is 9. The van der Waals surface area contributed by atoms with Crippen molar-refractivity contribution in [3.8, 4) is 5.75 Å². The van der Waals surface area contributed by atoms with Crippen molar-refractivity contribution in [3.05, 3.63) is 30.3 Å². The van der Waals surface area contributed by atoms with Crippen LogP contribution in [0.15, 0.2) is 30.3 Å². The number of para-hydroxylation sites is 1. The Morgan fingerprint density at radius 3 is 2.72 bits per heavy atom. The number of methoxy groups -OCH3 is 1. The Labute approximate surface area is 109 Å². The second-order valence-electron chi connectivity index (χ2n) is 4.87. The van der Waals surface area contributed by atoms with E-state index in [0.29, 0.717) is 6.04 Å². The van der Waals surface area contributed by atoms with E-state index >= 15 is 0 Å². The summed E-state index contributed by atoms with van der Waals surface area (Å²) in [6, 6.07) is 10.5. The zero-order valence-corrected chi connectivity index (χ0v) is 11.1. The van der Waals surface area contributed by atoms with E-state index in [9.17, 15) is 0 Å². The molecule has 1 atom stereocenters. The minimum atomic E-state index is 0.534. The smallest absolute Gasteiger partial charge is 0.119 e. The SMILES string of the molecule is COCC(NCCCOc1ccccc1)C1CC1. The fourth-order valence-electron chi connectivity index (χ4n) is 2.11. The van der Waals surface area contributed by atoms with E-state index in [2.05, 4.69) is 5.32 Å². The summed E-state index contributed by atoms with van der Waals surface area (Å²) < 4.78 is 10.9. The molecule has 0 spiro atoms. The fraction of sp³-hybridized carbons (Fsp3) is 0.600. The standard InChI is InChI=1S/C15H23NO2/c1-17-12-15(13-8-9-13)16-10-5-11-18-14-6-3-2-4-7-14/h2-4,6-7,13,15-16H,5,8-12H2,1H3. The van der Waals surface area contributed by atoms with E-state index in [1.807, 2.05) is 30.3 Å². The molecule has 2 rings (SSSR count). The molecule has 1 N–H and O–H groups in total. The lowest BCUT2D eigenvalue weighted by molar-refractivity contribution is 0.156. The van der Waals surface area contributed by atoms with Gasteiger partial charge in [0.25, 0.3) is 0 Å². The van der Waals surface area contributed by atoms with Crippen molar-refractivity contribution in [2.75, 3.05) is 26.9 Å². The van der Waals surface area contributed by atoms with Crippen molar-refractivity contribution >= 4 is 0 Å². The quantitative estimate of drug-likeness (QED) is 0.682. The van der Waals surface area contributed by atoms with Gasteiger partial charge in [0.05, 0.1) is 13.2 Å². The maximum Gasteiger partial charge on any atom is 0.119 e. The molecule has 0 aromatic heterocycles. The molecule has 0 heterocycles. The monoisotopic (exact) mass is 249 g/mol. The summed E-state index contributed by atoms with van der Waals surface area (Å²) in [5.74, 6) is 1.79. The summed E-state index contributed by atoms with van der Waals surface area (Å²) in [5.41, 5.74) is 0. The molecule has 0 amide bonds. The van der Waals surface area contributed by atoms with Crippen LogP contribution in [0.25, 0.3) is 0 Å². The van der Waals surface area contributed by atoms with Gasteiger partial charge >= 0.3 is 0 Å². The van der Waals surface area contributed by atoms with Crippen molar-refractivity contribution in [1.29, 1.82) is 0 Å². The van der Waals surface area contributed by atoms with Crippen molar-refractivity contribution in [2.45, 2.75) is 25.3 Å². The molecule has 18 heavy (non-hydrogen) atoms. The average Bonchev–Trinajstić information content (AvgIpc) is 3.23. The highest BCUT2D eigenvalue weighted by molar-refractivity contribution is 5.20. The van der Waals surface area contributed by atoms with E-state index in [0.717, 1.165) is 37.8 Å². The normalized spacial score (nSPS) is 16.5. The maximum atomic E-state index is 5.65. The van der Waals surface area contributed by atoms with Crippen molar-refractivity contribution in [3.63, 3.8) is 0 Å². The predicted octanol–water partition coefficient (Wildman–Crippen LogP) is 2.47. The van der Waals surface area contributed by atoms with E-state index in [4.69, 9.17) is 9.47 Å². The number of nitrogens with one attached hydrogen (secondary N) is 1. The third-order valence-corrected chi connectivity index (χ3v) is 3.28. The van der Waals surface area contributed by atoms with Gasteiger partial charge in [0.15, 0.2) is 0 Å². The van der Waals surface area contributed by atoms with Gasteiger partial charge in [-0.2, -0.15) is 0 Å². The van der Waals surface area contributed by atoms with Crippen LogP contribution in [-0.2, 0) is 4.74 Å². The summed E-state index contributed by atoms with van der Waals surface area (Å²) in [7, 11) is 1.77. The highest BCUT2D eigenvalue weighted by Crippen LogP contribution is 2.32. The van der Waals surface area contributed by atoms with Gasteiger partial charge in [0, 0.05) is 13.2 Å². The van der Waals surface area contributed by atoms with Crippen molar-refractivity contribution in [2.24, 2.45) is 5.92 Å². The molecule has 1 unspecified atom stereocenters. The zero-order chi connectivity index (χ0) is 12.6. The van der Waals surface area contributed by atoms with Crippen LogP contribution >= 0.6 is 0 Å². The molecule has 1 aliphatic carbocycles.